The number of hydrogen-bond donors (Lipinski definition) is 1. The van der Waals surface area contributed by atoms with Gasteiger partial charge >= 0.3 is 6.09 Å². The Morgan fingerprint density at radius 3 is 2.64 bits per heavy atom. The predicted molar refractivity (Wildman–Crippen MR) is 82.4 cm³/mol. The lowest BCUT2D eigenvalue weighted by Gasteiger charge is -2.12. The number of benzene rings is 2. The predicted octanol–water partition coefficient (Wildman–Crippen LogP) is 3.87. The summed E-state index contributed by atoms with van der Waals surface area (Å²) in [5.74, 6) is -0.423. The van der Waals surface area contributed by atoms with E-state index < -0.39 is 11.9 Å². The summed E-state index contributed by atoms with van der Waals surface area (Å²) < 4.78 is 18.6. The van der Waals surface area contributed by atoms with Crippen LogP contribution in [0, 0.1) is 5.82 Å². The molecule has 0 aromatic heterocycles. The Hall–Kier alpha value is -2.07. The van der Waals surface area contributed by atoms with Gasteiger partial charge in [0.05, 0.1) is 5.02 Å². The van der Waals surface area contributed by atoms with Gasteiger partial charge in [-0.05, 0) is 41.7 Å². The molecule has 1 N–H and O–H groups in total. The van der Waals surface area contributed by atoms with E-state index in [1.807, 2.05) is 30.3 Å². The molecule has 3 nitrogen and oxygen atoms in total. The fourth-order valence-electron chi connectivity index (χ4n) is 2.65. The average molecular weight is 320 g/mol. The molecule has 1 atom stereocenters. The Morgan fingerprint density at radius 2 is 1.91 bits per heavy atom. The van der Waals surface area contributed by atoms with Gasteiger partial charge in [-0.15, -0.1) is 0 Å². The first kappa shape index (κ1) is 14.9. The van der Waals surface area contributed by atoms with Gasteiger partial charge < -0.3 is 10.1 Å². The highest BCUT2D eigenvalue weighted by Gasteiger charge is 2.24. The number of fused-ring (bicyclic) bond motifs is 1. The second-order valence-electron chi connectivity index (χ2n) is 5.35. The van der Waals surface area contributed by atoms with E-state index in [-0.39, 0.29) is 17.7 Å². The zero-order valence-corrected chi connectivity index (χ0v) is 12.6. The van der Waals surface area contributed by atoms with Crippen molar-refractivity contribution in [3.8, 4) is 0 Å². The lowest BCUT2D eigenvalue weighted by molar-refractivity contribution is 0.136. The topological polar surface area (TPSA) is 38.3 Å². The lowest BCUT2D eigenvalue weighted by atomic mass is 10.1. The zero-order chi connectivity index (χ0) is 15.5. The van der Waals surface area contributed by atoms with Crippen LogP contribution < -0.4 is 5.32 Å². The summed E-state index contributed by atoms with van der Waals surface area (Å²) in [6.45, 7) is 0.229. The Labute approximate surface area is 133 Å². The molecule has 0 saturated heterocycles. The number of rotatable bonds is 3. The van der Waals surface area contributed by atoms with Gasteiger partial charge in [-0.2, -0.15) is 0 Å². The molecule has 0 aliphatic heterocycles. The first-order valence-electron chi connectivity index (χ1n) is 7.06. The fourth-order valence-corrected chi connectivity index (χ4v) is 2.83. The van der Waals surface area contributed by atoms with Crippen molar-refractivity contribution >= 4 is 17.7 Å². The number of nitrogens with one attached hydrogen (secondary N) is 1. The van der Waals surface area contributed by atoms with Gasteiger partial charge in [-0.3, -0.25) is 0 Å². The number of carbonyl (C=O) groups is 1. The molecule has 5 heteroatoms. The summed E-state index contributed by atoms with van der Waals surface area (Å²) in [6, 6.07) is 12.5. The normalized spacial score (nSPS) is 16.2. The zero-order valence-electron chi connectivity index (χ0n) is 11.8. The molecule has 0 heterocycles. The van der Waals surface area contributed by atoms with E-state index in [4.69, 9.17) is 16.3 Å². The van der Waals surface area contributed by atoms with Crippen LogP contribution in [-0.2, 0) is 24.2 Å². The van der Waals surface area contributed by atoms with Gasteiger partial charge in [-0.25, -0.2) is 9.18 Å². The number of hydrogen-bond acceptors (Lipinski definition) is 2. The summed E-state index contributed by atoms with van der Waals surface area (Å²) >= 11 is 5.78. The van der Waals surface area contributed by atoms with Gasteiger partial charge in [0.2, 0.25) is 0 Å². The van der Waals surface area contributed by atoms with Gasteiger partial charge in [0.15, 0.2) is 0 Å². The molecular formula is C17H15ClFNO2. The minimum atomic E-state index is -0.465. The van der Waals surface area contributed by atoms with Crippen molar-refractivity contribution in [2.45, 2.75) is 25.5 Å². The number of ether oxygens (including phenoxy) is 1. The Morgan fingerprint density at radius 1 is 1.23 bits per heavy atom. The summed E-state index contributed by atoms with van der Waals surface area (Å²) in [4.78, 5) is 11.8. The maximum absolute atomic E-state index is 13.4. The van der Waals surface area contributed by atoms with Crippen LogP contribution in [0.15, 0.2) is 42.5 Å². The first-order chi connectivity index (χ1) is 10.6. The van der Waals surface area contributed by atoms with Crippen LogP contribution >= 0.6 is 11.6 Å². The molecule has 0 spiro atoms. The maximum Gasteiger partial charge on any atom is 0.407 e. The Balaban J connectivity index is 1.53. The number of alkyl carbamates (subject to hydrolysis) is 1. The second kappa shape index (κ2) is 6.36. The van der Waals surface area contributed by atoms with Crippen molar-refractivity contribution in [3.05, 3.63) is 70.0 Å². The fraction of sp³-hybridized carbons (Fsp3) is 0.235. The van der Waals surface area contributed by atoms with Crippen LogP contribution in [0.25, 0.3) is 0 Å². The Kier molecular flexibility index (Phi) is 4.29. The molecule has 1 amide bonds. The Bertz CT molecular complexity index is 660. The van der Waals surface area contributed by atoms with Crippen molar-refractivity contribution in [1.82, 2.24) is 5.32 Å². The van der Waals surface area contributed by atoms with E-state index in [0.717, 1.165) is 16.7 Å². The van der Waals surface area contributed by atoms with E-state index in [1.165, 1.54) is 6.07 Å². The standard InChI is InChI=1S/C17H15ClFNO2/c18-15-8-12-6-14(7-13(12)9-16(15)19)20-17(21)22-10-11-4-2-1-3-5-11/h1-5,8-9,14H,6-7,10H2,(H,20,21)/t14-/m1/s1. The van der Waals surface area contributed by atoms with Gasteiger partial charge in [0.1, 0.15) is 12.4 Å². The molecule has 0 radical (unpaired) electrons. The van der Waals surface area contributed by atoms with Crippen LogP contribution in [0.4, 0.5) is 9.18 Å². The number of halogens is 2. The molecule has 1 aliphatic carbocycles. The molecule has 2 aromatic rings. The summed E-state index contributed by atoms with van der Waals surface area (Å²) in [6.07, 6.45) is 0.757. The molecule has 1 aliphatic rings. The van der Waals surface area contributed by atoms with Crippen LogP contribution in [-0.4, -0.2) is 12.1 Å². The average Bonchev–Trinajstić information content (AvgIpc) is 2.88. The van der Waals surface area contributed by atoms with Crippen LogP contribution in [0.1, 0.15) is 16.7 Å². The number of carbonyl (C=O) groups excluding carboxylic acids is 1. The quantitative estimate of drug-likeness (QED) is 0.932. The van der Waals surface area contributed by atoms with Gasteiger partial charge in [0.25, 0.3) is 0 Å². The van der Waals surface area contributed by atoms with E-state index in [2.05, 4.69) is 5.32 Å². The minimum absolute atomic E-state index is 0.0869. The van der Waals surface area contributed by atoms with Crippen LogP contribution in [0.5, 0.6) is 0 Å². The molecular weight excluding hydrogens is 305 g/mol. The monoisotopic (exact) mass is 319 g/mol. The molecule has 114 valence electrons. The first-order valence-corrected chi connectivity index (χ1v) is 7.43. The molecule has 0 fully saturated rings. The van der Waals surface area contributed by atoms with Crippen molar-refractivity contribution < 1.29 is 13.9 Å². The third-order valence-corrected chi connectivity index (χ3v) is 4.00. The van der Waals surface area contributed by atoms with Gasteiger partial charge in [0, 0.05) is 6.04 Å². The van der Waals surface area contributed by atoms with Crippen molar-refractivity contribution in [2.24, 2.45) is 0 Å². The minimum Gasteiger partial charge on any atom is -0.445 e. The maximum atomic E-state index is 13.4. The summed E-state index contributed by atoms with van der Waals surface area (Å²) in [5.41, 5.74) is 2.79. The molecule has 0 bridgehead atoms. The van der Waals surface area contributed by atoms with Crippen molar-refractivity contribution in [1.29, 1.82) is 0 Å². The van der Waals surface area contributed by atoms with E-state index >= 15 is 0 Å². The molecule has 0 saturated carbocycles. The lowest BCUT2D eigenvalue weighted by Crippen LogP contribution is -2.35. The molecule has 3 rings (SSSR count). The summed E-state index contributed by atoms with van der Waals surface area (Å²) in [5, 5.41) is 2.92. The van der Waals surface area contributed by atoms with Gasteiger partial charge in [-0.1, -0.05) is 41.9 Å². The van der Waals surface area contributed by atoms with E-state index in [1.54, 1.807) is 6.07 Å². The van der Waals surface area contributed by atoms with Crippen LogP contribution in [0.2, 0.25) is 5.02 Å². The van der Waals surface area contributed by atoms with E-state index in [0.29, 0.717) is 12.8 Å². The van der Waals surface area contributed by atoms with Crippen LogP contribution in [0.3, 0.4) is 0 Å². The second-order valence-corrected chi connectivity index (χ2v) is 5.75. The highest BCUT2D eigenvalue weighted by molar-refractivity contribution is 6.30. The molecule has 0 unspecified atom stereocenters. The third kappa shape index (κ3) is 3.39. The van der Waals surface area contributed by atoms with Crippen molar-refractivity contribution in [3.63, 3.8) is 0 Å². The SMILES string of the molecule is O=C(N[C@H]1Cc2cc(F)c(Cl)cc2C1)OCc1ccccc1. The highest BCUT2D eigenvalue weighted by Crippen LogP contribution is 2.27. The van der Waals surface area contributed by atoms with Crippen molar-refractivity contribution in [2.75, 3.05) is 0 Å². The summed E-state index contributed by atoms with van der Waals surface area (Å²) in [7, 11) is 0. The third-order valence-electron chi connectivity index (χ3n) is 3.71. The smallest absolute Gasteiger partial charge is 0.407 e. The molecule has 22 heavy (non-hydrogen) atoms. The van der Waals surface area contributed by atoms with E-state index in [9.17, 15) is 9.18 Å². The largest absolute Gasteiger partial charge is 0.445 e. The highest BCUT2D eigenvalue weighted by atomic mass is 35.5. The molecule has 2 aromatic carbocycles. The number of amides is 1.